The summed E-state index contributed by atoms with van der Waals surface area (Å²) in [5, 5.41) is 0.444. The standard InChI is InChI=1S/C14H11Cl2N3O/c15-12-6-10(7-13(16)18-12)14(20)19-5-3-11-9(8-19)2-1-4-17-11/h1-2,4,6-7H,3,5,8H2. The lowest BCUT2D eigenvalue weighted by Gasteiger charge is -2.28. The zero-order valence-electron chi connectivity index (χ0n) is 10.5. The highest BCUT2D eigenvalue weighted by Crippen LogP contribution is 2.21. The maximum Gasteiger partial charge on any atom is 0.254 e. The summed E-state index contributed by atoms with van der Waals surface area (Å²) in [6, 6.07) is 6.95. The number of nitrogens with zero attached hydrogens (tertiary/aromatic N) is 3. The van der Waals surface area contributed by atoms with Crippen LogP contribution in [-0.2, 0) is 13.0 Å². The van der Waals surface area contributed by atoms with Gasteiger partial charge in [-0.15, -0.1) is 0 Å². The van der Waals surface area contributed by atoms with Gasteiger partial charge >= 0.3 is 0 Å². The first-order valence-electron chi connectivity index (χ1n) is 6.18. The van der Waals surface area contributed by atoms with Crippen molar-refractivity contribution in [3.05, 3.63) is 57.6 Å². The Morgan fingerprint density at radius 3 is 2.75 bits per heavy atom. The third-order valence-corrected chi connectivity index (χ3v) is 3.65. The number of hydrogen-bond acceptors (Lipinski definition) is 3. The molecule has 3 heterocycles. The van der Waals surface area contributed by atoms with Gasteiger partial charge in [0.15, 0.2) is 0 Å². The molecular weight excluding hydrogens is 297 g/mol. The molecule has 0 fully saturated rings. The third kappa shape index (κ3) is 2.62. The van der Waals surface area contributed by atoms with Crippen LogP contribution < -0.4 is 0 Å². The van der Waals surface area contributed by atoms with Crippen molar-refractivity contribution in [2.24, 2.45) is 0 Å². The Morgan fingerprint density at radius 2 is 2.00 bits per heavy atom. The van der Waals surface area contributed by atoms with Gasteiger partial charge in [0, 0.05) is 37.0 Å². The fourth-order valence-electron chi connectivity index (χ4n) is 2.31. The Labute approximate surface area is 126 Å². The second kappa shape index (κ2) is 5.38. The first-order chi connectivity index (χ1) is 9.63. The van der Waals surface area contributed by atoms with E-state index < -0.39 is 0 Å². The van der Waals surface area contributed by atoms with Crippen LogP contribution in [0, 0.1) is 0 Å². The largest absolute Gasteiger partial charge is 0.334 e. The second-order valence-electron chi connectivity index (χ2n) is 4.59. The Hall–Kier alpha value is -1.65. The topological polar surface area (TPSA) is 46.1 Å². The summed E-state index contributed by atoms with van der Waals surface area (Å²) in [4.78, 5) is 22.4. The molecule has 6 heteroatoms. The first-order valence-corrected chi connectivity index (χ1v) is 6.94. The van der Waals surface area contributed by atoms with Crippen molar-refractivity contribution in [3.8, 4) is 0 Å². The van der Waals surface area contributed by atoms with Gasteiger partial charge < -0.3 is 4.90 Å². The lowest BCUT2D eigenvalue weighted by molar-refractivity contribution is 0.0733. The summed E-state index contributed by atoms with van der Waals surface area (Å²) in [6.45, 7) is 1.19. The number of hydrogen-bond donors (Lipinski definition) is 0. The average molecular weight is 308 g/mol. The number of aromatic nitrogens is 2. The third-order valence-electron chi connectivity index (χ3n) is 3.26. The molecule has 0 spiro atoms. The quantitative estimate of drug-likeness (QED) is 0.761. The summed E-state index contributed by atoms with van der Waals surface area (Å²) < 4.78 is 0. The van der Waals surface area contributed by atoms with E-state index in [2.05, 4.69) is 9.97 Å². The normalized spacial score (nSPS) is 14.0. The molecule has 2 aromatic rings. The lowest BCUT2D eigenvalue weighted by atomic mass is 10.0. The Balaban J connectivity index is 1.86. The maximum absolute atomic E-state index is 12.5. The number of carbonyl (C=O) groups excluding carboxylic acids is 1. The molecule has 0 radical (unpaired) electrons. The molecule has 4 nitrogen and oxygen atoms in total. The van der Waals surface area contributed by atoms with E-state index in [1.165, 1.54) is 12.1 Å². The fourth-order valence-corrected chi connectivity index (χ4v) is 2.77. The molecule has 0 aromatic carbocycles. The molecule has 2 aromatic heterocycles. The summed E-state index contributed by atoms with van der Waals surface area (Å²) in [5.41, 5.74) is 2.60. The number of fused-ring (bicyclic) bond motifs is 1. The number of rotatable bonds is 1. The fraction of sp³-hybridized carbons (Fsp3) is 0.214. The predicted octanol–water partition coefficient (Wildman–Crippen LogP) is 2.98. The lowest BCUT2D eigenvalue weighted by Crippen LogP contribution is -2.36. The number of pyridine rings is 2. The van der Waals surface area contributed by atoms with Crippen molar-refractivity contribution in [2.45, 2.75) is 13.0 Å². The molecule has 0 atom stereocenters. The van der Waals surface area contributed by atoms with E-state index in [9.17, 15) is 4.79 Å². The van der Waals surface area contributed by atoms with Crippen LogP contribution in [0.5, 0.6) is 0 Å². The van der Waals surface area contributed by atoms with Crippen LogP contribution in [0.4, 0.5) is 0 Å². The Kier molecular flexibility index (Phi) is 3.59. The van der Waals surface area contributed by atoms with Crippen LogP contribution >= 0.6 is 23.2 Å². The Bertz CT molecular complexity index is 655. The van der Waals surface area contributed by atoms with Crippen LogP contribution in [0.3, 0.4) is 0 Å². The molecule has 1 amide bonds. The van der Waals surface area contributed by atoms with Gasteiger partial charge in [0.1, 0.15) is 10.3 Å². The molecule has 102 valence electrons. The molecule has 0 saturated carbocycles. The van der Waals surface area contributed by atoms with Gasteiger partial charge in [-0.05, 0) is 23.8 Å². The van der Waals surface area contributed by atoms with Crippen molar-refractivity contribution < 1.29 is 4.79 Å². The van der Waals surface area contributed by atoms with E-state index in [0.29, 0.717) is 18.7 Å². The zero-order chi connectivity index (χ0) is 14.1. The van der Waals surface area contributed by atoms with Gasteiger partial charge in [-0.1, -0.05) is 29.3 Å². The van der Waals surface area contributed by atoms with E-state index in [-0.39, 0.29) is 16.2 Å². The van der Waals surface area contributed by atoms with Crippen molar-refractivity contribution in [1.82, 2.24) is 14.9 Å². The first kappa shape index (κ1) is 13.3. The molecule has 0 unspecified atom stereocenters. The van der Waals surface area contributed by atoms with E-state index in [0.717, 1.165) is 17.7 Å². The maximum atomic E-state index is 12.5. The van der Waals surface area contributed by atoms with Gasteiger partial charge in [-0.3, -0.25) is 9.78 Å². The van der Waals surface area contributed by atoms with E-state index in [4.69, 9.17) is 23.2 Å². The van der Waals surface area contributed by atoms with Gasteiger partial charge in [0.2, 0.25) is 0 Å². The smallest absolute Gasteiger partial charge is 0.254 e. The van der Waals surface area contributed by atoms with Gasteiger partial charge in [-0.2, -0.15) is 0 Å². The van der Waals surface area contributed by atoms with Crippen LogP contribution in [0.25, 0.3) is 0 Å². The highest BCUT2D eigenvalue weighted by atomic mass is 35.5. The molecule has 1 aliphatic heterocycles. The highest BCUT2D eigenvalue weighted by molar-refractivity contribution is 6.33. The molecule has 0 saturated heterocycles. The summed E-state index contributed by atoms with van der Waals surface area (Å²) in [7, 11) is 0. The van der Waals surface area contributed by atoms with Gasteiger partial charge in [0.05, 0.1) is 0 Å². The molecule has 0 N–H and O–H groups in total. The monoisotopic (exact) mass is 307 g/mol. The van der Waals surface area contributed by atoms with Crippen molar-refractivity contribution in [3.63, 3.8) is 0 Å². The molecule has 20 heavy (non-hydrogen) atoms. The van der Waals surface area contributed by atoms with Crippen LogP contribution in [0.1, 0.15) is 21.6 Å². The summed E-state index contributed by atoms with van der Waals surface area (Å²) >= 11 is 11.7. The van der Waals surface area contributed by atoms with Gasteiger partial charge in [-0.25, -0.2) is 4.98 Å². The summed E-state index contributed by atoms with van der Waals surface area (Å²) in [6.07, 6.45) is 2.53. The Morgan fingerprint density at radius 1 is 1.25 bits per heavy atom. The molecule has 3 rings (SSSR count). The van der Waals surface area contributed by atoms with Crippen LogP contribution in [0.2, 0.25) is 10.3 Å². The molecule has 0 bridgehead atoms. The van der Waals surface area contributed by atoms with Gasteiger partial charge in [0.25, 0.3) is 5.91 Å². The second-order valence-corrected chi connectivity index (χ2v) is 5.36. The van der Waals surface area contributed by atoms with Crippen molar-refractivity contribution in [1.29, 1.82) is 0 Å². The van der Waals surface area contributed by atoms with Crippen LogP contribution in [-0.4, -0.2) is 27.3 Å². The molecular formula is C14H11Cl2N3O. The minimum atomic E-state index is -0.0919. The number of carbonyl (C=O) groups is 1. The minimum absolute atomic E-state index is 0.0919. The van der Waals surface area contributed by atoms with E-state index in [1.807, 2.05) is 12.1 Å². The van der Waals surface area contributed by atoms with Crippen molar-refractivity contribution >= 4 is 29.1 Å². The van der Waals surface area contributed by atoms with Crippen molar-refractivity contribution in [2.75, 3.05) is 6.54 Å². The average Bonchev–Trinajstić information content (AvgIpc) is 2.45. The molecule has 0 aliphatic carbocycles. The SMILES string of the molecule is O=C(c1cc(Cl)nc(Cl)c1)N1CCc2ncccc2C1. The van der Waals surface area contributed by atoms with Crippen LogP contribution in [0.15, 0.2) is 30.5 Å². The number of amides is 1. The minimum Gasteiger partial charge on any atom is -0.334 e. The number of halogens is 2. The van der Waals surface area contributed by atoms with E-state index >= 15 is 0 Å². The highest BCUT2D eigenvalue weighted by Gasteiger charge is 2.22. The zero-order valence-corrected chi connectivity index (χ0v) is 12.0. The predicted molar refractivity (Wildman–Crippen MR) is 76.9 cm³/mol. The molecule has 1 aliphatic rings. The summed E-state index contributed by atoms with van der Waals surface area (Å²) in [5.74, 6) is -0.0919. The van der Waals surface area contributed by atoms with E-state index in [1.54, 1.807) is 11.1 Å².